The first kappa shape index (κ1) is 15.8. The molecule has 1 aliphatic rings. The molecule has 112 valence electrons. The number of aliphatic hydroxyl groups is 1. The fourth-order valence-electron chi connectivity index (χ4n) is 3.42. The highest BCUT2D eigenvalue weighted by Gasteiger charge is 2.31. The van der Waals surface area contributed by atoms with Crippen LogP contribution in [0.25, 0.3) is 0 Å². The number of nitrogens with zero attached hydrogens (tertiary/aromatic N) is 1. The van der Waals surface area contributed by atoms with Crippen LogP contribution in [0.15, 0.2) is 24.3 Å². The first-order valence-corrected chi connectivity index (χ1v) is 8.05. The van der Waals surface area contributed by atoms with Crippen molar-refractivity contribution in [2.45, 2.75) is 45.1 Å². The van der Waals surface area contributed by atoms with E-state index in [-0.39, 0.29) is 5.41 Å². The molecule has 2 nitrogen and oxygen atoms in total. The molecule has 1 saturated carbocycles. The molecule has 20 heavy (non-hydrogen) atoms. The number of aliphatic hydroxyl groups excluding tert-OH is 1. The second kappa shape index (κ2) is 7.44. The topological polar surface area (TPSA) is 23.5 Å². The van der Waals surface area contributed by atoms with Gasteiger partial charge >= 0.3 is 0 Å². The summed E-state index contributed by atoms with van der Waals surface area (Å²) in [7, 11) is 2.14. The molecule has 2 rings (SSSR count). The number of hydrogen-bond acceptors (Lipinski definition) is 2. The molecule has 0 radical (unpaired) electrons. The van der Waals surface area contributed by atoms with Crippen molar-refractivity contribution >= 4 is 11.6 Å². The molecule has 0 spiro atoms. The van der Waals surface area contributed by atoms with Crippen LogP contribution >= 0.6 is 11.6 Å². The van der Waals surface area contributed by atoms with E-state index in [2.05, 4.69) is 18.0 Å². The summed E-state index contributed by atoms with van der Waals surface area (Å²) in [6, 6.07) is 8.04. The molecule has 1 N–H and O–H groups in total. The van der Waals surface area contributed by atoms with Gasteiger partial charge in [-0.15, -0.1) is 0 Å². The van der Waals surface area contributed by atoms with Crippen LogP contribution in [0.2, 0.25) is 5.02 Å². The Morgan fingerprint density at radius 1 is 1.20 bits per heavy atom. The van der Waals surface area contributed by atoms with Crippen molar-refractivity contribution in [2.24, 2.45) is 5.41 Å². The molecule has 0 amide bonds. The van der Waals surface area contributed by atoms with Gasteiger partial charge in [0.2, 0.25) is 0 Å². The maximum atomic E-state index is 9.88. The third-order valence-electron chi connectivity index (χ3n) is 4.45. The highest BCUT2D eigenvalue weighted by Crippen LogP contribution is 2.35. The van der Waals surface area contributed by atoms with Gasteiger partial charge in [0, 0.05) is 30.1 Å². The van der Waals surface area contributed by atoms with Gasteiger partial charge in [-0.05, 0) is 37.6 Å². The Balaban J connectivity index is 1.96. The smallest absolute Gasteiger partial charge is 0.0499 e. The van der Waals surface area contributed by atoms with Crippen molar-refractivity contribution in [1.29, 1.82) is 0 Å². The maximum absolute atomic E-state index is 9.88. The summed E-state index contributed by atoms with van der Waals surface area (Å²) in [5.74, 6) is 0. The summed E-state index contributed by atoms with van der Waals surface area (Å²) >= 11 is 6.04. The number of hydrogen-bond donors (Lipinski definition) is 1. The number of halogens is 1. The quantitative estimate of drug-likeness (QED) is 0.827. The third-order valence-corrected chi connectivity index (χ3v) is 4.68. The summed E-state index contributed by atoms with van der Waals surface area (Å²) in [6.45, 7) is 2.17. The molecule has 0 aliphatic heterocycles. The Hall–Kier alpha value is -0.570. The zero-order chi connectivity index (χ0) is 14.4. The third kappa shape index (κ3) is 4.47. The monoisotopic (exact) mass is 295 g/mol. The van der Waals surface area contributed by atoms with Gasteiger partial charge in [0.05, 0.1) is 0 Å². The molecule has 0 bridgehead atoms. The lowest BCUT2D eigenvalue weighted by Gasteiger charge is -2.35. The first-order valence-electron chi connectivity index (χ1n) is 7.67. The Kier molecular flexibility index (Phi) is 5.88. The van der Waals surface area contributed by atoms with Crippen molar-refractivity contribution in [2.75, 3.05) is 20.2 Å². The highest BCUT2D eigenvalue weighted by molar-refractivity contribution is 6.30. The summed E-state index contributed by atoms with van der Waals surface area (Å²) in [6.07, 6.45) is 7.46. The van der Waals surface area contributed by atoms with Gasteiger partial charge in [0.25, 0.3) is 0 Å². The lowest BCUT2D eigenvalue weighted by molar-refractivity contribution is 0.0663. The highest BCUT2D eigenvalue weighted by atomic mass is 35.5. The van der Waals surface area contributed by atoms with E-state index in [1.54, 1.807) is 0 Å². The predicted molar refractivity (Wildman–Crippen MR) is 85.0 cm³/mol. The average Bonchev–Trinajstić information content (AvgIpc) is 2.65. The minimum absolute atomic E-state index is 0.101. The van der Waals surface area contributed by atoms with E-state index >= 15 is 0 Å². The molecule has 0 heterocycles. The van der Waals surface area contributed by atoms with E-state index in [4.69, 9.17) is 11.6 Å². The summed E-state index contributed by atoms with van der Waals surface area (Å²) in [5.41, 5.74) is 1.34. The largest absolute Gasteiger partial charge is 0.396 e. The Morgan fingerprint density at radius 2 is 1.90 bits per heavy atom. The molecular formula is C17H26ClNO. The molecule has 0 atom stereocenters. The first-order chi connectivity index (χ1) is 9.63. The SMILES string of the molecule is CN(Cc1cccc(Cl)c1)CC1(CO)CCCCCC1. The van der Waals surface area contributed by atoms with E-state index < -0.39 is 0 Å². The van der Waals surface area contributed by atoms with Crippen LogP contribution < -0.4 is 0 Å². The van der Waals surface area contributed by atoms with E-state index in [1.807, 2.05) is 18.2 Å². The molecule has 1 aromatic rings. The molecule has 1 fully saturated rings. The Bertz CT molecular complexity index is 413. The fraction of sp³-hybridized carbons (Fsp3) is 0.647. The fourth-order valence-corrected chi connectivity index (χ4v) is 3.63. The number of rotatable bonds is 5. The van der Waals surface area contributed by atoms with Crippen molar-refractivity contribution in [3.05, 3.63) is 34.9 Å². The summed E-state index contributed by atoms with van der Waals surface area (Å²) in [4.78, 5) is 2.33. The Morgan fingerprint density at radius 3 is 2.50 bits per heavy atom. The summed E-state index contributed by atoms with van der Waals surface area (Å²) < 4.78 is 0. The van der Waals surface area contributed by atoms with Crippen LogP contribution in [0.5, 0.6) is 0 Å². The van der Waals surface area contributed by atoms with E-state index in [0.29, 0.717) is 6.61 Å². The van der Waals surface area contributed by atoms with Gasteiger partial charge in [-0.1, -0.05) is 49.4 Å². The van der Waals surface area contributed by atoms with E-state index in [0.717, 1.165) is 31.0 Å². The van der Waals surface area contributed by atoms with Crippen molar-refractivity contribution in [3.8, 4) is 0 Å². The lowest BCUT2D eigenvalue weighted by Crippen LogP contribution is -2.38. The van der Waals surface area contributed by atoms with Crippen molar-refractivity contribution in [3.63, 3.8) is 0 Å². The molecule has 0 saturated heterocycles. The van der Waals surface area contributed by atoms with Crippen LogP contribution in [0.4, 0.5) is 0 Å². The molecule has 1 aliphatic carbocycles. The van der Waals surface area contributed by atoms with Gasteiger partial charge in [-0.2, -0.15) is 0 Å². The van der Waals surface area contributed by atoms with Crippen molar-refractivity contribution in [1.82, 2.24) is 4.90 Å². The lowest BCUT2D eigenvalue weighted by atomic mass is 9.80. The molecule has 1 aromatic carbocycles. The molecule has 0 aromatic heterocycles. The normalized spacial score (nSPS) is 19.0. The van der Waals surface area contributed by atoms with Crippen LogP contribution in [0.3, 0.4) is 0 Å². The Labute approximate surface area is 127 Å². The molecule has 3 heteroatoms. The van der Waals surface area contributed by atoms with E-state index in [1.165, 1.54) is 31.2 Å². The average molecular weight is 296 g/mol. The van der Waals surface area contributed by atoms with E-state index in [9.17, 15) is 5.11 Å². The predicted octanol–water partition coefficient (Wildman–Crippen LogP) is 4.10. The van der Waals surface area contributed by atoms with Crippen LogP contribution in [0, 0.1) is 5.41 Å². The standard InChI is InChI=1S/C17H26ClNO/c1-19(12-15-7-6-8-16(18)11-15)13-17(14-20)9-4-2-3-5-10-17/h6-8,11,20H,2-5,9-10,12-14H2,1H3. The molecular weight excluding hydrogens is 270 g/mol. The van der Waals surface area contributed by atoms with Crippen LogP contribution in [-0.4, -0.2) is 30.2 Å². The zero-order valence-electron chi connectivity index (χ0n) is 12.4. The van der Waals surface area contributed by atoms with Gasteiger partial charge in [-0.3, -0.25) is 0 Å². The van der Waals surface area contributed by atoms with Gasteiger partial charge in [0.1, 0.15) is 0 Å². The van der Waals surface area contributed by atoms with Gasteiger partial charge < -0.3 is 10.0 Å². The van der Waals surface area contributed by atoms with Crippen molar-refractivity contribution < 1.29 is 5.11 Å². The minimum Gasteiger partial charge on any atom is -0.396 e. The second-order valence-corrected chi connectivity index (χ2v) is 6.81. The summed E-state index contributed by atoms with van der Waals surface area (Å²) in [5, 5.41) is 10.7. The van der Waals surface area contributed by atoms with Crippen LogP contribution in [0.1, 0.15) is 44.1 Å². The number of benzene rings is 1. The van der Waals surface area contributed by atoms with Gasteiger partial charge in [0.15, 0.2) is 0 Å². The maximum Gasteiger partial charge on any atom is 0.0499 e. The molecule has 0 unspecified atom stereocenters. The van der Waals surface area contributed by atoms with Gasteiger partial charge in [-0.25, -0.2) is 0 Å². The van der Waals surface area contributed by atoms with Crippen LogP contribution in [-0.2, 0) is 6.54 Å². The second-order valence-electron chi connectivity index (χ2n) is 6.37. The minimum atomic E-state index is 0.101. The zero-order valence-corrected chi connectivity index (χ0v) is 13.2.